The predicted molar refractivity (Wildman–Crippen MR) is 90.1 cm³/mol. The Morgan fingerprint density at radius 2 is 1.95 bits per heavy atom. The highest BCUT2D eigenvalue weighted by molar-refractivity contribution is 6.42. The van der Waals surface area contributed by atoms with Crippen molar-refractivity contribution in [2.75, 3.05) is 19.6 Å². The summed E-state index contributed by atoms with van der Waals surface area (Å²) in [6, 6.07) is 6.62. The second-order valence-electron chi connectivity index (χ2n) is 6.44. The zero-order valence-electron chi connectivity index (χ0n) is 12.5. The van der Waals surface area contributed by atoms with Gasteiger partial charge in [-0.05, 0) is 43.4 Å². The highest BCUT2D eigenvalue weighted by Gasteiger charge is 2.27. The smallest absolute Gasteiger partial charge is 0.0637 e. The molecule has 0 amide bonds. The fourth-order valence-corrected chi connectivity index (χ4v) is 4.09. The molecule has 1 aromatic rings. The first-order chi connectivity index (χ1) is 10.2. The minimum absolute atomic E-state index is 0.639. The molecule has 1 saturated heterocycles. The summed E-state index contributed by atoms with van der Waals surface area (Å²) >= 11 is 12.6. The zero-order chi connectivity index (χ0) is 14.7. The predicted octanol–water partition coefficient (Wildman–Crippen LogP) is 4.35. The lowest BCUT2D eigenvalue weighted by atomic mass is 10.0. The van der Waals surface area contributed by atoms with Gasteiger partial charge >= 0.3 is 0 Å². The monoisotopic (exact) mass is 326 g/mol. The third-order valence-corrected chi connectivity index (χ3v) is 5.78. The Balaban J connectivity index is 1.72. The van der Waals surface area contributed by atoms with E-state index in [0.29, 0.717) is 11.1 Å². The summed E-state index contributed by atoms with van der Waals surface area (Å²) < 4.78 is 0. The third-order valence-electron chi connectivity index (χ3n) is 4.92. The van der Waals surface area contributed by atoms with Crippen LogP contribution in [0.3, 0.4) is 0 Å². The van der Waals surface area contributed by atoms with Crippen LogP contribution in [0.2, 0.25) is 10.0 Å². The van der Waals surface area contributed by atoms with Gasteiger partial charge in [0.25, 0.3) is 0 Å². The van der Waals surface area contributed by atoms with Crippen LogP contribution in [-0.2, 0) is 6.54 Å². The molecule has 3 rings (SSSR count). The highest BCUT2D eigenvalue weighted by atomic mass is 35.5. The Morgan fingerprint density at radius 1 is 1.14 bits per heavy atom. The first-order valence-electron chi connectivity index (χ1n) is 8.11. The molecule has 0 bridgehead atoms. The fraction of sp³-hybridized carbons (Fsp3) is 0.647. The average molecular weight is 327 g/mol. The van der Waals surface area contributed by atoms with Crippen LogP contribution in [0, 0.1) is 5.92 Å². The number of hydrogen-bond acceptors (Lipinski definition) is 2. The van der Waals surface area contributed by atoms with Gasteiger partial charge in [0, 0.05) is 25.7 Å². The Hall–Kier alpha value is -0.280. The Labute approximate surface area is 137 Å². The first kappa shape index (κ1) is 15.6. The van der Waals surface area contributed by atoms with Gasteiger partial charge in [0.15, 0.2) is 0 Å². The van der Waals surface area contributed by atoms with E-state index in [4.69, 9.17) is 23.2 Å². The van der Waals surface area contributed by atoms with Crippen molar-refractivity contribution in [3.8, 4) is 0 Å². The largest absolute Gasteiger partial charge is 0.315 e. The van der Waals surface area contributed by atoms with Crippen LogP contribution in [0.15, 0.2) is 18.2 Å². The van der Waals surface area contributed by atoms with Gasteiger partial charge in [-0.3, -0.25) is 4.90 Å². The van der Waals surface area contributed by atoms with Gasteiger partial charge < -0.3 is 5.32 Å². The lowest BCUT2D eigenvalue weighted by Crippen LogP contribution is -2.39. The molecule has 0 aromatic heterocycles. The van der Waals surface area contributed by atoms with Gasteiger partial charge in [-0.1, -0.05) is 48.2 Å². The second-order valence-corrected chi connectivity index (χ2v) is 7.22. The molecule has 1 heterocycles. The summed E-state index contributed by atoms with van der Waals surface area (Å²) in [4.78, 5) is 2.63. The minimum atomic E-state index is 0.639. The maximum atomic E-state index is 6.39. The van der Waals surface area contributed by atoms with Crippen LogP contribution in [0.5, 0.6) is 0 Å². The van der Waals surface area contributed by atoms with E-state index in [2.05, 4.69) is 16.3 Å². The van der Waals surface area contributed by atoms with E-state index >= 15 is 0 Å². The molecular weight excluding hydrogens is 303 g/mol. The molecule has 0 radical (unpaired) electrons. The van der Waals surface area contributed by atoms with Crippen LogP contribution in [0.25, 0.3) is 0 Å². The summed E-state index contributed by atoms with van der Waals surface area (Å²) in [5.41, 5.74) is 1.16. The standard InChI is InChI=1S/C17H24Cl2N2/c18-16-7-3-6-14(17(16)19)12-21(15-8-9-20-10-15)11-13-4-1-2-5-13/h3,6-7,13,15,20H,1-2,4-5,8-12H2/t15-/m0/s1. The molecule has 0 unspecified atom stereocenters. The molecule has 1 aliphatic carbocycles. The van der Waals surface area contributed by atoms with E-state index in [-0.39, 0.29) is 0 Å². The number of benzene rings is 1. The van der Waals surface area contributed by atoms with Crippen molar-refractivity contribution in [3.63, 3.8) is 0 Å². The number of nitrogens with zero attached hydrogens (tertiary/aromatic N) is 1. The summed E-state index contributed by atoms with van der Waals surface area (Å²) in [6.07, 6.45) is 6.82. The number of halogens is 2. The lowest BCUT2D eigenvalue weighted by molar-refractivity contribution is 0.168. The molecule has 1 saturated carbocycles. The molecule has 2 nitrogen and oxygen atoms in total. The van der Waals surface area contributed by atoms with Gasteiger partial charge in [0.1, 0.15) is 0 Å². The van der Waals surface area contributed by atoms with Crippen LogP contribution >= 0.6 is 23.2 Å². The van der Waals surface area contributed by atoms with Gasteiger partial charge in [0.2, 0.25) is 0 Å². The maximum Gasteiger partial charge on any atom is 0.0637 e. The van der Waals surface area contributed by atoms with Crippen molar-refractivity contribution in [2.45, 2.75) is 44.7 Å². The topological polar surface area (TPSA) is 15.3 Å². The van der Waals surface area contributed by atoms with Crippen molar-refractivity contribution in [1.29, 1.82) is 0 Å². The first-order valence-corrected chi connectivity index (χ1v) is 8.87. The molecular formula is C17H24Cl2N2. The van der Waals surface area contributed by atoms with Crippen LogP contribution in [0.1, 0.15) is 37.7 Å². The van der Waals surface area contributed by atoms with E-state index in [1.165, 1.54) is 38.6 Å². The Morgan fingerprint density at radius 3 is 2.67 bits per heavy atom. The van der Waals surface area contributed by atoms with Crippen LogP contribution in [-0.4, -0.2) is 30.6 Å². The average Bonchev–Trinajstić information content (AvgIpc) is 3.16. The molecule has 4 heteroatoms. The minimum Gasteiger partial charge on any atom is -0.315 e. The van der Waals surface area contributed by atoms with E-state index < -0.39 is 0 Å². The van der Waals surface area contributed by atoms with Crippen LogP contribution in [0.4, 0.5) is 0 Å². The van der Waals surface area contributed by atoms with Gasteiger partial charge in [-0.15, -0.1) is 0 Å². The fourth-order valence-electron chi connectivity index (χ4n) is 3.71. The number of nitrogens with one attached hydrogen (secondary N) is 1. The number of hydrogen-bond donors (Lipinski definition) is 1. The molecule has 1 aliphatic heterocycles. The van der Waals surface area contributed by atoms with Crippen molar-refractivity contribution in [3.05, 3.63) is 33.8 Å². The third kappa shape index (κ3) is 3.92. The quantitative estimate of drug-likeness (QED) is 0.865. The van der Waals surface area contributed by atoms with E-state index in [1.54, 1.807) is 0 Å². The molecule has 2 aliphatic rings. The molecule has 0 spiro atoms. The normalized spacial score (nSPS) is 23.3. The summed E-state index contributed by atoms with van der Waals surface area (Å²) in [5.74, 6) is 0.864. The molecule has 1 N–H and O–H groups in total. The van der Waals surface area contributed by atoms with E-state index in [9.17, 15) is 0 Å². The molecule has 1 aromatic carbocycles. The molecule has 1 atom stereocenters. The van der Waals surface area contributed by atoms with Gasteiger partial charge in [-0.25, -0.2) is 0 Å². The second kappa shape index (κ2) is 7.32. The summed E-state index contributed by atoms with van der Waals surface area (Å²) in [7, 11) is 0. The van der Waals surface area contributed by atoms with Crippen molar-refractivity contribution >= 4 is 23.2 Å². The Kier molecular flexibility index (Phi) is 5.44. The van der Waals surface area contributed by atoms with Gasteiger partial charge in [-0.2, -0.15) is 0 Å². The Bertz CT molecular complexity index is 466. The zero-order valence-corrected chi connectivity index (χ0v) is 14.0. The van der Waals surface area contributed by atoms with E-state index in [0.717, 1.165) is 36.1 Å². The highest BCUT2D eigenvalue weighted by Crippen LogP contribution is 2.30. The molecule has 21 heavy (non-hydrogen) atoms. The van der Waals surface area contributed by atoms with Crippen molar-refractivity contribution < 1.29 is 0 Å². The van der Waals surface area contributed by atoms with Gasteiger partial charge in [0.05, 0.1) is 10.0 Å². The lowest BCUT2D eigenvalue weighted by Gasteiger charge is -2.31. The van der Waals surface area contributed by atoms with E-state index in [1.807, 2.05) is 12.1 Å². The summed E-state index contributed by atoms with van der Waals surface area (Å²) in [6.45, 7) is 4.36. The molecule has 116 valence electrons. The van der Waals surface area contributed by atoms with Crippen molar-refractivity contribution in [2.24, 2.45) is 5.92 Å². The van der Waals surface area contributed by atoms with Crippen LogP contribution < -0.4 is 5.32 Å². The SMILES string of the molecule is Clc1cccc(CN(CC2CCCC2)[C@H]2CCNC2)c1Cl. The molecule has 2 fully saturated rings. The summed E-state index contributed by atoms with van der Waals surface area (Å²) in [5, 5.41) is 4.88. The number of rotatable bonds is 5. The maximum absolute atomic E-state index is 6.39. The van der Waals surface area contributed by atoms with Crippen molar-refractivity contribution in [1.82, 2.24) is 10.2 Å².